The van der Waals surface area contributed by atoms with Crippen molar-refractivity contribution in [2.75, 3.05) is 12.9 Å². The summed E-state index contributed by atoms with van der Waals surface area (Å²) < 4.78 is 38.8. The van der Waals surface area contributed by atoms with Crippen LogP contribution in [0.4, 0.5) is 13.2 Å². The van der Waals surface area contributed by atoms with Gasteiger partial charge in [0, 0.05) is 40.4 Å². The number of aromatic amines is 1. The van der Waals surface area contributed by atoms with Crippen LogP contribution < -0.4 is 0 Å². The molecule has 0 fully saturated rings. The third-order valence-corrected chi connectivity index (χ3v) is 5.56. The molecular formula is C20H19ClF3NOS. The molecule has 1 aromatic heterocycles. The van der Waals surface area contributed by atoms with Crippen LogP contribution in [0, 0.1) is 0 Å². The topological polar surface area (TPSA) is 36.0 Å². The molecule has 0 saturated carbocycles. The Morgan fingerprint density at radius 2 is 1.96 bits per heavy atom. The van der Waals surface area contributed by atoms with Crippen LogP contribution in [0.3, 0.4) is 0 Å². The Balaban J connectivity index is 2.09. The van der Waals surface area contributed by atoms with Crippen molar-refractivity contribution in [2.45, 2.75) is 24.3 Å². The summed E-state index contributed by atoms with van der Waals surface area (Å²) in [7, 11) is 0. The van der Waals surface area contributed by atoms with Crippen molar-refractivity contribution in [1.82, 2.24) is 4.98 Å². The van der Waals surface area contributed by atoms with Crippen molar-refractivity contribution >= 4 is 34.3 Å². The Morgan fingerprint density at radius 3 is 2.59 bits per heavy atom. The number of hydrogen-bond acceptors (Lipinski definition) is 2. The van der Waals surface area contributed by atoms with E-state index in [4.69, 9.17) is 11.6 Å². The van der Waals surface area contributed by atoms with Gasteiger partial charge in [0.2, 0.25) is 0 Å². The van der Waals surface area contributed by atoms with Crippen LogP contribution >= 0.6 is 23.4 Å². The molecule has 0 aliphatic rings. The zero-order valence-corrected chi connectivity index (χ0v) is 16.2. The number of H-pyrrole nitrogens is 1. The average Bonchev–Trinajstić information content (AvgIpc) is 3.04. The van der Waals surface area contributed by atoms with Crippen molar-refractivity contribution in [1.29, 1.82) is 0 Å². The first-order valence-electron chi connectivity index (χ1n) is 8.42. The quantitative estimate of drug-likeness (QED) is 0.503. The highest BCUT2D eigenvalue weighted by molar-refractivity contribution is 7.97. The molecule has 0 amide bonds. The minimum atomic E-state index is -4.44. The minimum absolute atomic E-state index is 0.0536. The molecule has 1 unspecified atom stereocenters. The van der Waals surface area contributed by atoms with E-state index in [-0.39, 0.29) is 17.5 Å². The van der Waals surface area contributed by atoms with Gasteiger partial charge in [-0.3, -0.25) is 0 Å². The first kappa shape index (κ1) is 20.1. The van der Waals surface area contributed by atoms with Crippen LogP contribution in [0.15, 0.2) is 42.6 Å². The number of benzene rings is 2. The number of aromatic nitrogens is 1. The number of halogens is 4. The summed E-state index contributed by atoms with van der Waals surface area (Å²) in [5, 5.41) is 10.6. The number of para-hydroxylation sites is 1. The molecule has 2 nitrogen and oxygen atoms in total. The Hall–Kier alpha value is -1.63. The lowest BCUT2D eigenvalue weighted by atomic mass is 9.87. The Kier molecular flexibility index (Phi) is 6.08. The standard InChI is InChI=1S/C20H19ClF3NOS/c1-27-11-12-3-2-4-16-17(10-25-19(12)16)14(7-8-26)15-6-5-13(9-18(15)21)20(22,23)24/h2-6,9-10,14,25-26H,7-8,11H2,1H3. The van der Waals surface area contributed by atoms with Gasteiger partial charge >= 0.3 is 6.18 Å². The van der Waals surface area contributed by atoms with Crippen molar-refractivity contribution in [3.8, 4) is 0 Å². The third-order valence-electron chi connectivity index (χ3n) is 4.63. The van der Waals surface area contributed by atoms with Gasteiger partial charge in [-0.2, -0.15) is 24.9 Å². The second-order valence-electron chi connectivity index (χ2n) is 6.32. The van der Waals surface area contributed by atoms with Gasteiger partial charge in [0.1, 0.15) is 0 Å². The van der Waals surface area contributed by atoms with Crippen LogP contribution in [-0.4, -0.2) is 23.0 Å². The molecule has 0 radical (unpaired) electrons. The predicted octanol–water partition coefficient (Wildman–Crippen LogP) is 6.22. The van der Waals surface area contributed by atoms with E-state index in [0.29, 0.717) is 12.0 Å². The van der Waals surface area contributed by atoms with E-state index in [9.17, 15) is 18.3 Å². The lowest BCUT2D eigenvalue weighted by Gasteiger charge is -2.19. The molecule has 3 rings (SSSR count). The normalized spacial score (nSPS) is 13.3. The fourth-order valence-corrected chi connectivity index (χ4v) is 4.26. The molecular weight excluding hydrogens is 395 g/mol. The maximum Gasteiger partial charge on any atom is 0.416 e. The maximum absolute atomic E-state index is 12.9. The van der Waals surface area contributed by atoms with Crippen molar-refractivity contribution < 1.29 is 18.3 Å². The second-order valence-corrected chi connectivity index (χ2v) is 7.59. The highest BCUT2D eigenvalue weighted by atomic mass is 35.5. The summed E-state index contributed by atoms with van der Waals surface area (Å²) in [6, 6.07) is 9.40. The number of thioether (sulfide) groups is 1. The van der Waals surface area contributed by atoms with Gasteiger partial charge in [-0.1, -0.05) is 35.9 Å². The summed E-state index contributed by atoms with van der Waals surface area (Å²) in [6.45, 7) is -0.0980. The molecule has 0 spiro atoms. The van der Waals surface area contributed by atoms with Crippen LogP contribution in [0.25, 0.3) is 10.9 Å². The molecule has 3 aromatic rings. The fraction of sp³-hybridized carbons (Fsp3) is 0.300. The first-order valence-corrected chi connectivity index (χ1v) is 10.2. The number of aliphatic hydroxyl groups is 1. The molecule has 2 N–H and O–H groups in total. The van der Waals surface area contributed by atoms with Crippen LogP contribution in [-0.2, 0) is 11.9 Å². The Morgan fingerprint density at radius 1 is 1.19 bits per heavy atom. The monoisotopic (exact) mass is 413 g/mol. The molecule has 0 bridgehead atoms. The second kappa shape index (κ2) is 8.17. The van der Waals surface area contributed by atoms with Gasteiger partial charge in [-0.05, 0) is 41.5 Å². The van der Waals surface area contributed by atoms with Crippen molar-refractivity contribution in [2.24, 2.45) is 0 Å². The van der Waals surface area contributed by atoms with Gasteiger partial charge in [0.15, 0.2) is 0 Å². The number of hydrogen-bond donors (Lipinski definition) is 2. The van der Waals surface area contributed by atoms with Gasteiger partial charge in [0.05, 0.1) is 5.56 Å². The third kappa shape index (κ3) is 4.13. The van der Waals surface area contributed by atoms with E-state index < -0.39 is 11.7 Å². The molecule has 1 atom stereocenters. The molecule has 144 valence electrons. The zero-order valence-electron chi connectivity index (χ0n) is 14.6. The maximum atomic E-state index is 12.9. The highest BCUT2D eigenvalue weighted by Crippen LogP contribution is 2.40. The lowest BCUT2D eigenvalue weighted by Crippen LogP contribution is -2.08. The molecule has 0 aliphatic carbocycles. The minimum Gasteiger partial charge on any atom is -0.396 e. The summed E-state index contributed by atoms with van der Waals surface area (Å²) >= 11 is 7.93. The van der Waals surface area contributed by atoms with Gasteiger partial charge in [0.25, 0.3) is 0 Å². The summed E-state index contributed by atoms with van der Waals surface area (Å²) in [5.74, 6) is 0.547. The average molecular weight is 414 g/mol. The van der Waals surface area contributed by atoms with E-state index >= 15 is 0 Å². The fourth-order valence-electron chi connectivity index (χ4n) is 3.40. The van der Waals surface area contributed by atoms with Crippen molar-refractivity contribution in [3.05, 3.63) is 69.9 Å². The van der Waals surface area contributed by atoms with Crippen molar-refractivity contribution in [3.63, 3.8) is 0 Å². The smallest absolute Gasteiger partial charge is 0.396 e. The Bertz CT molecular complexity index is 939. The summed E-state index contributed by atoms with van der Waals surface area (Å²) in [6.07, 6.45) is -0.186. The van der Waals surface area contributed by atoms with E-state index in [2.05, 4.69) is 4.98 Å². The molecule has 1 heterocycles. The molecule has 0 saturated heterocycles. The predicted molar refractivity (Wildman–Crippen MR) is 106 cm³/mol. The molecule has 2 aromatic carbocycles. The van der Waals surface area contributed by atoms with Gasteiger partial charge < -0.3 is 10.1 Å². The summed E-state index contributed by atoms with van der Waals surface area (Å²) in [5.41, 5.74) is 2.89. The zero-order chi connectivity index (χ0) is 19.6. The number of rotatable bonds is 6. The van der Waals surface area contributed by atoms with Gasteiger partial charge in [-0.25, -0.2) is 0 Å². The first-order chi connectivity index (χ1) is 12.9. The number of aliphatic hydroxyl groups excluding tert-OH is 1. The number of alkyl halides is 3. The van der Waals surface area contributed by atoms with Crippen LogP contribution in [0.5, 0.6) is 0 Å². The van der Waals surface area contributed by atoms with E-state index in [1.807, 2.05) is 30.7 Å². The Labute approximate surface area is 164 Å². The van der Waals surface area contributed by atoms with E-state index in [1.165, 1.54) is 6.07 Å². The van der Waals surface area contributed by atoms with E-state index in [0.717, 1.165) is 39.9 Å². The van der Waals surface area contributed by atoms with Crippen LogP contribution in [0.1, 0.15) is 34.6 Å². The molecule has 27 heavy (non-hydrogen) atoms. The summed E-state index contributed by atoms with van der Waals surface area (Å²) in [4.78, 5) is 3.29. The molecule has 7 heteroatoms. The van der Waals surface area contributed by atoms with E-state index in [1.54, 1.807) is 11.8 Å². The number of nitrogens with one attached hydrogen (secondary N) is 1. The SMILES string of the molecule is CSCc1cccc2c(C(CCO)c3ccc(C(F)(F)F)cc3Cl)c[nH]c12. The largest absolute Gasteiger partial charge is 0.416 e. The molecule has 0 aliphatic heterocycles. The van der Waals surface area contributed by atoms with Crippen LogP contribution in [0.2, 0.25) is 5.02 Å². The number of fused-ring (bicyclic) bond motifs is 1. The van der Waals surface area contributed by atoms with Gasteiger partial charge in [-0.15, -0.1) is 0 Å². The highest BCUT2D eigenvalue weighted by Gasteiger charge is 2.31. The lowest BCUT2D eigenvalue weighted by molar-refractivity contribution is -0.137.